The molecule has 0 bridgehead atoms. The van der Waals surface area contributed by atoms with E-state index in [-0.39, 0.29) is 18.4 Å². The third-order valence-electron chi connectivity index (χ3n) is 2.22. The number of carbonyl (C=O) groups excluding carboxylic acids is 1. The van der Waals surface area contributed by atoms with E-state index in [9.17, 15) is 9.59 Å². The molecule has 0 aliphatic carbocycles. The Bertz CT molecular complexity index is 386. The Morgan fingerprint density at radius 3 is 2.81 bits per heavy atom. The van der Waals surface area contributed by atoms with E-state index in [4.69, 9.17) is 5.11 Å². The molecule has 1 amide bonds. The third kappa shape index (κ3) is 3.38. The molecule has 1 rings (SSSR count). The Kier molecular flexibility index (Phi) is 4.04. The first kappa shape index (κ1) is 12.2. The zero-order valence-corrected chi connectivity index (χ0v) is 9.30. The molecule has 1 aromatic rings. The minimum absolute atomic E-state index is 0.0484. The molecule has 88 valence electrons. The van der Waals surface area contributed by atoms with Crippen molar-refractivity contribution in [2.45, 2.75) is 25.8 Å². The van der Waals surface area contributed by atoms with Crippen molar-refractivity contribution in [1.29, 1.82) is 0 Å². The van der Waals surface area contributed by atoms with Crippen LogP contribution in [0.5, 0.6) is 0 Å². The first-order chi connectivity index (χ1) is 7.50. The molecule has 16 heavy (non-hydrogen) atoms. The third-order valence-corrected chi connectivity index (χ3v) is 2.22. The van der Waals surface area contributed by atoms with E-state index in [1.165, 1.54) is 12.5 Å². The maximum absolute atomic E-state index is 11.7. The maximum atomic E-state index is 11.7. The average molecular weight is 225 g/mol. The number of carbonyl (C=O) groups is 2. The molecule has 1 aromatic heterocycles. The highest BCUT2D eigenvalue weighted by molar-refractivity contribution is 5.92. The fourth-order valence-electron chi connectivity index (χ4n) is 1.29. The van der Waals surface area contributed by atoms with Gasteiger partial charge in [-0.2, -0.15) is 0 Å². The number of carboxylic acids is 1. The number of aryl methyl sites for hydroxylation is 1. The van der Waals surface area contributed by atoms with Crippen molar-refractivity contribution in [3.63, 3.8) is 0 Å². The summed E-state index contributed by atoms with van der Waals surface area (Å²) in [5, 5.41) is 11.2. The van der Waals surface area contributed by atoms with E-state index >= 15 is 0 Å². The molecular formula is C10H15N3O3. The van der Waals surface area contributed by atoms with Crippen LogP contribution in [0, 0.1) is 0 Å². The van der Waals surface area contributed by atoms with E-state index in [2.05, 4.69) is 10.3 Å². The van der Waals surface area contributed by atoms with Gasteiger partial charge in [0.1, 0.15) is 5.69 Å². The second-order valence-corrected chi connectivity index (χ2v) is 3.70. The van der Waals surface area contributed by atoms with Gasteiger partial charge >= 0.3 is 5.97 Å². The number of aromatic nitrogens is 2. The Balaban J connectivity index is 2.46. The number of nitrogens with zero attached hydrogens (tertiary/aromatic N) is 2. The molecule has 0 radical (unpaired) electrons. The van der Waals surface area contributed by atoms with Crippen molar-refractivity contribution in [2.75, 3.05) is 0 Å². The molecule has 1 atom stereocenters. The van der Waals surface area contributed by atoms with Gasteiger partial charge in [-0.15, -0.1) is 0 Å². The summed E-state index contributed by atoms with van der Waals surface area (Å²) in [4.78, 5) is 25.8. The average Bonchev–Trinajstić information content (AvgIpc) is 2.61. The van der Waals surface area contributed by atoms with E-state index in [1.807, 2.05) is 0 Å². The molecule has 0 aliphatic heterocycles. The van der Waals surface area contributed by atoms with Gasteiger partial charge in [0.25, 0.3) is 5.91 Å². The number of amides is 1. The van der Waals surface area contributed by atoms with E-state index < -0.39 is 5.97 Å². The van der Waals surface area contributed by atoms with E-state index in [0.29, 0.717) is 12.1 Å². The lowest BCUT2D eigenvalue weighted by molar-refractivity contribution is -0.137. The summed E-state index contributed by atoms with van der Waals surface area (Å²) in [6.45, 7) is 1.78. The molecule has 1 heterocycles. The molecule has 2 N–H and O–H groups in total. The van der Waals surface area contributed by atoms with Gasteiger partial charge in [0, 0.05) is 19.5 Å². The van der Waals surface area contributed by atoms with Crippen LogP contribution in [0.25, 0.3) is 0 Å². The van der Waals surface area contributed by atoms with E-state index in [0.717, 1.165) is 0 Å². The number of rotatable bonds is 5. The number of hydrogen-bond donors (Lipinski definition) is 2. The summed E-state index contributed by atoms with van der Waals surface area (Å²) in [6, 6.07) is -0.168. The van der Waals surface area contributed by atoms with Crippen LogP contribution in [0.1, 0.15) is 30.3 Å². The van der Waals surface area contributed by atoms with Crippen LogP contribution in [-0.4, -0.2) is 32.6 Å². The van der Waals surface area contributed by atoms with Crippen molar-refractivity contribution < 1.29 is 14.7 Å². The van der Waals surface area contributed by atoms with Crippen molar-refractivity contribution in [1.82, 2.24) is 14.9 Å². The quantitative estimate of drug-likeness (QED) is 0.759. The van der Waals surface area contributed by atoms with Crippen LogP contribution in [0.4, 0.5) is 0 Å². The summed E-state index contributed by atoms with van der Waals surface area (Å²) in [6.07, 6.45) is 3.47. The number of imidazole rings is 1. The van der Waals surface area contributed by atoms with Gasteiger partial charge in [-0.3, -0.25) is 9.59 Å². The summed E-state index contributed by atoms with van der Waals surface area (Å²) in [7, 11) is 1.73. The monoisotopic (exact) mass is 225 g/mol. The number of aliphatic carboxylic acids is 1. The summed E-state index contributed by atoms with van der Waals surface area (Å²) >= 11 is 0. The highest BCUT2D eigenvalue weighted by atomic mass is 16.4. The Morgan fingerprint density at radius 1 is 1.62 bits per heavy atom. The topological polar surface area (TPSA) is 84.2 Å². The van der Waals surface area contributed by atoms with Crippen LogP contribution in [-0.2, 0) is 11.8 Å². The van der Waals surface area contributed by atoms with Crippen LogP contribution >= 0.6 is 0 Å². The van der Waals surface area contributed by atoms with Crippen molar-refractivity contribution in [3.05, 3.63) is 18.2 Å². The minimum atomic E-state index is -0.860. The van der Waals surface area contributed by atoms with Gasteiger partial charge in [0.15, 0.2) is 0 Å². The van der Waals surface area contributed by atoms with Gasteiger partial charge in [-0.05, 0) is 13.3 Å². The maximum Gasteiger partial charge on any atom is 0.303 e. The summed E-state index contributed by atoms with van der Waals surface area (Å²) < 4.78 is 1.61. The number of carboxylic acid groups (broad SMARTS) is 1. The molecule has 0 fully saturated rings. The zero-order chi connectivity index (χ0) is 12.1. The number of nitrogens with one attached hydrogen (secondary N) is 1. The molecule has 0 aromatic carbocycles. The molecule has 6 nitrogen and oxygen atoms in total. The Hall–Kier alpha value is -1.85. The van der Waals surface area contributed by atoms with Crippen LogP contribution in [0.15, 0.2) is 12.5 Å². The van der Waals surface area contributed by atoms with Gasteiger partial charge in [-0.1, -0.05) is 0 Å². The number of hydrogen-bond acceptors (Lipinski definition) is 3. The molecular weight excluding hydrogens is 210 g/mol. The lowest BCUT2D eigenvalue weighted by Crippen LogP contribution is -2.33. The highest BCUT2D eigenvalue weighted by Gasteiger charge is 2.13. The lowest BCUT2D eigenvalue weighted by atomic mass is 10.2. The fraction of sp³-hybridized carbons (Fsp3) is 0.500. The molecule has 0 saturated heterocycles. The second-order valence-electron chi connectivity index (χ2n) is 3.70. The standard InChI is InChI=1S/C10H15N3O3/c1-7(3-4-9(14)15)12-10(16)8-5-11-6-13(8)2/h5-7H,3-4H2,1-2H3,(H,12,16)(H,14,15). The molecule has 0 saturated carbocycles. The smallest absolute Gasteiger partial charge is 0.303 e. The van der Waals surface area contributed by atoms with E-state index in [1.54, 1.807) is 18.5 Å². The van der Waals surface area contributed by atoms with Crippen molar-refractivity contribution in [2.24, 2.45) is 7.05 Å². The van der Waals surface area contributed by atoms with Gasteiger partial charge in [0.2, 0.25) is 0 Å². The molecule has 1 unspecified atom stereocenters. The Morgan fingerprint density at radius 2 is 2.31 bits per heavy atom. The predicted molar refractivity (Wildman–Crippen MR) is 57.0 cm³/mol. The van der Waals surface area contributed by atoms with Gasteiger partial charge < -0.3 is 15.0 Å². The highest BCUT2D eigenvalue weighted by Crippen LogP contribution is 2.00. The Labute approximate surface area is 93.3 Å². The summed E-state index contributed by atoms with van der Waals surface area (Å²) in [5.74, 6) is -1.10. The first-order valence-electron chi connectivity index (χ1n) is 4.99. The van der Waals surface area contributed by atoms with Crippen LogP contribution in [0.2, 0.25) is 0 Å². The van der Waals surface area contributed by atoms with Crippen molar-refractivity contribution >= 4 is 11.9 Å². The van der Waals surface area contributed by atoms with Crippen LogP contribution in [0.3, 0.4) is 0 Å². The largest absolute Gasteiger partial charge is 0.481 e. The predicted octanol–water partition coefficient (Wildman–Crippen LogP) is 0.403. The van der Waals surface area contributed by atoms with Gasteiger partial charge in [-0.25, -0.2) is 4.98 Å². The van der Waals surface area contributed by atoms with Crippen LogP contribution < -0.4 is 5.32 Å². The molecule has 0 aliphatic rings. The molecule has 0 spiro atoms. The van der Waals surface area contributed by atoms with Crippen molar-refractivity contribution in [3.8, 4) is 0 Å². The lowest BCUT2D eigenvalue weighted by Gasteiger charge is -2.12. The zero-order valence-electron chi connectivity index (χ0n) is 9.30. The fourth-order valence-corrected chi connectivity index (χ4v) is 1.29. The van der Waals surface area contributed by atoms with Gasteiger partial charge in [0.05, 0.1) is 12.5 Å². The minimum Gasteiger partial charge on any atom is -0.481 e. The second kappa shape index (κ2) is 5.29. The normalized spacial score (nSPS) is 12.1. The first-order valence-corrected chi connectivity index (χ1v) is 4.99. The summed E-state index contributed by atoms with van der Waals surface area (Å²) in [5.41, 5.74) is 0.460. The molecule has 6 heteroatoms. The SMILES string of the molecule is CC(CCC(=O)O)NC(=O)c1cncn1C.